The van der Waals surface area contributed by atoms with Gasteiger partial charge in [0, 0.05) is 36.9 Å². The van der Waals surface area contributed by atoms with Gasteiger partial charge in [0.15, 0.2) is 0 Å². The van der Waals surface area contributed by atoms with Crippen LogP contribution in [0, 0.1) is 0 Å². The Morgan fingerprint density at radius 3 is 2.30 bits per heavy atom. The molecule has 0 spiro atoms. The number of carbonyl (C=O) groups excluding carboxylic acids is 3. The SMILES string of the molecule is CC(C)N1C[C@H](NC(=O)c2ccc(N3CCOCC3=O)cc2)[C@H](NC(=O)c2ccc(Cl)s2)C1. The van der Waals surface area contributed by atoms with Crippen LogP contribution in [-0.4, -0.2) is 73.6 Å². The minimum atomic E-state index is -0.236. The Kier molecular flexibility index (Phi) is 7.33. The van der Waals surface area contributed by atoms with E-state index in [0.717, 1.165) is 5.69 Å². The summed E-state index contributed by atoms with van der Waals surface area (Å²) in [6.45, 7) is 6.52. The smallest absolute Gasteiger partial charge is 0.261 e. The molecule has 10 heteroatoms. The van der Waals surface area contributed by atoms with Gasteiger partial charge in [-0.25, -0.2) is 0 Å². The number of rotatable bonds is 6. The van der Waals surface area contributed by atoms with Crippen molar-refractivity contribution in [1.82, 2.24) is 15.5 Å². The quantitative estimate of drug-likeness (QED) is 0.648. The molecule has 2 saturated heterocycles. The number of nitrogens with zero attached hydrogens (tertiary/aromatic N) is 2. The fourth-order valence-electron chi connectivity index (χ4n) is 4.06. The second kappa shape index (κ2) is 10.2. The zero-order valence-corrected chi connectivity index (χ0v) is 20.1. The normalized spacial score (nSPS) is 21.5. The first-order chi connectivity index (χ1) is 15.8. The van der Waals surface area contributed by atoms with Crippen molar-refractivity contribution in [2.45, 2.75) is 32.0 Å². The molecule has 2 aliphatic heterocycles. The van der Waals surface area contributed by atoms with Crippen molar-refractivity contribution in [3.05, 3.63) is 51.2 Å². The highest BCUT2D eigenvalue weighted by Gasteiger charge is 2.36. The third-order valence-corrected chi connectivity index (χ3v) is 7.17. The summed E-state index contributed by atoms with van der Waals surface area (Å²) in [7, 11) is 0. The van der Waals surface area contributed by atoms with E-state index in [1.807, 2.05) is 0 Å². The molecule has 1 aromatic carbocycles. The lowest BCUT2D eigenvalue weighted by Gasteiger charge is -2.27. The lowest BCUT2D eigenvalue weighted by molar-refractivity contribution is -0.125. The summed E-state index contributed by atoms with van der Waals surface area (Å²) in [4.78, 5) is 42.1. The Labute approximate surface area is 201 Å². The van der Waals surface area contributed by atoms with Crippen LogP contribution in [0.15, 0.2) is 36.4 Å². The van der Waals surface area contributed by atoms with Crippen molar-refractivity contribution in [2.24, 2.45) is 0 Å². The summed E-state index contributed by atoms with van der Waals surface area (Å²) in [5, 5.41) is 6.14. The van der Waals surface area contributed by atoms with Crippen LogP contribution in [0.1, 0.15) is 33.9 Å². The van der Waals surface area contributed by atoms with Gasteiger partial charge in [-0.05, 0) is 50.2 Å². The van der Waals surface area contributed by atoms with Crippen molar-refractivity contribution < 1.29 is 19.1 Å². The Hall–Kier alpha value is -2.46. The molecule has 2 aliphatic rings. The van der Waals surface area contributed by atoms with E-state index in [1.54, 1.807) is 41.3 Å². The fraction of sp³-hybridized carbons (Fsp3) is 0.435. The van der Waals surface area contributed by atoms with Crippen LogP contribution >= 0.6 is 22.9 Å². The van der Waals surface area contributed by atoms with Gasteiger partial charge >= 0.3 is 0 Å². The molecule has 1 aromatic heterocycles. The molecule has 0 radical (unpaired) electrons. The Morgan fingerprint density at radius 2 is 1.73 bits per heavy atom. The number of hydrogen-bond acceptors (Lipinski definition) is 6. The predicted molar refractivity (Wildman–Crippen MR) is 128 cm³/mol. The van der Waals surface area contributed by atoms with E-state index < -0.39 is 0 Å². The highest BCUT2D eigenvalue weighted by atomic mass is 35.5. The summed E-state index contributed by atoms with van der Waals surface area (Å²) in [6, 6.07) is 10.2. The number of likely N-dealkylation sites (tertiary alicyclic amines) is 1. The van der Waals surface area contributed by atoms with E-state index in [0.29, 0.717) is 41.0 Å². The molecule has 2 aromatic rings. The summed E-state index contributed by atoms with van der Waals surface area (Å²) in [6.07, 6.45) is 0. The largest absolute Gasteiger partial charge is 0.370 e. The van der Waals surface area contributed by atoms with Crippen LogP contribution < -0.4 is 15.5 Å². The molecule has 0 unspecified atom stereocenters. The van der Waals surface area contributed by atoms with E-state index in [-0.39, 0.29) is 42.5 Å². The number of hydrogen-bond donors (Lipinski definition) is 2. The van der Waals surface area contributed by atoms with E-state index in [9.17, 15) is 14.4 Å². The van der Waals surface area contributed by atoms with E-state index in [2.05, 4.69) is 29.4 Å². The maximum absolute atomic E-state index is 13.0. The third-order valence-electron chi connectivity index (χ3n) is 5.94. The van der Waals surface area contributed by atoms with Gasteiger partial charge in [0.1, 0.15) is 6.61 Å². The summed E-state index contributed by atoms with van der Waals surface area (Å²) < 4.78 is 5.72. The number of halogens is 1. The molecule has 0 bridgehead atoms. The number of amides is 3. The van der Waals surface area contributed by atoms with Crippen LogP contribution in [0.4, 0.5) is 5.69 Å². The first-order valence-corrected chi connectivity index (χ1v) is 12.1. The molecule has 2 fully saturated rings. The van der Waals surface area contributed by atoms with E-state index in [1.165, 1.54) is 11.3 Å². The lowest BCUT2D eigenvalue weighted by Crippen LogP contribution is -2.50. The van der Waals surface area contributed by atoms with Crippen LogP contribution in [0.3, 0.4) is 0 Å². The average molecular weight is 491 g/mol. The Morgan fingerprint density at radius 1 is 1.06 bits per heavy atom. The topological polar surface area (TPSA) is 91.0 Å². The zero-order chi connectivity index (χ0) is 23.5. The molecule has 176 valence electrons. The second-order valence-electron chi connectivity index (χ2n) is 8.46. The van der Waals surface area contributed by atoms with Gasteiger partial charge in [-0.15, -0.1) is 11.3 Å². The molecule has 8 nitrogen and oxygen atoms in total. The van der Waals surface area contributed by atoms with Gasteiger partial charge in [0.05, 0.1) is 27.9 Å². The molecule has 0 saturated carbocycles. The van der Waals surface area contributed by atoms with Crippen LogP contribution in [-0.2, 0) is 9.53 Å². The summed E-state index contributed by atoms with van der Waals surface area (Å²) in [5.74, 6) is -0.506. The van der Waals surface area contributed by atoms with E-state index in [4.69, 9.17) is 16.3 Å². The average Bonchev–Trinajstić information content (AvgIpc) is 3.41. The third kappa shape index (κ3) is 5.55. The highest BCUT2D eigenvalue weighted by molar-refractivity contribution is 7.18. The number of carbonyl (C=O) groups is 3. The van der Waals surface area contributed by atoms with Gasteiger partial charge < -0.3 is 20.3 Å². The van der Waals surface area contributed by atoms with Crippen LogP contribution in [0.25, 0.3) is 0 Å². The van der Waals surface area contributed by atoms with Crippen molar-refractivity contribution in [3.8, 4) is 0 Å². The molecule has 2 atom stereocenters. The molecular formula is C23H27ClN4O4S. The van der Waals surface area contributed by atoms with Gasteiger partial charge in [-0.1, -0.05) is 11.6 Å². The first kappa shape index (κ1) is 23.7. The molecular weight excluding hydrogens is 464 g/mol. The van der Waals surface area contributed by atoms with E-state index >= 15 is 0 Å². The maximum atomic E-state index is 13.0. The first-order valence-electron chi connectivity index (χ1n) is 10.9. The molecule has 33 heavy (non-hydrogen) atoms. The molecule has 3 heterocycles. The zero-order valence-electron chi connectivity index (χ0n) is 18.5. The number of thiophene rings is 1. The van der Waals surface area contributed by atoms with Crippen LogP contribution in [0.2, 0.25) is 4.34 Å². The summed E-state index contributed by atoms with van der Waals surface area (Å²) >= 11 is 7.19. The van der Waals surface area contributed by atoms with Gasteiger partial charge in [-0.2, -0.15) is 0 Å². The van der Waals surface area contributed by atoms with Crippen molar-refractivity contribution in [3.63, 3.8) is 0 Å². The fourth-order valence-corrected chi connectivity index (χ4v) is 5.01. The lowest BCUT2D eigenvalue weighted by atomic mass is 10.1. The number of ether oxygens (including phenoxy) is 1. The molecule has 0 aliphatic carbocycles. The number of nitrogens with one attached hydrogen (secondary N) is 2. The van der Waals surface area contributed by atoms with Crippen molar-refractivity contribution >= 4 is 46.3 Å². The second-order valence-corrected chi connectivity index (χ2v) is 10.2. The maximum Gasteiger partial charge on any atom is 0.261 e. The minimum absolute atomic E-state index is 0.0705. The standard InChI is InChI=1S/C23H27ClN4O4S/c1-14(2)27-11-17(18(12-27)26-23(31)19-7-8-20(24)33-19)25-22(30)15-3-5-16(6-4-15)28-9-10-32-13-21(28)29/h3-8,14,17-18H,9-13H2,1-2H3,(H,25,30)(H,26,31)/t17-,18+/m0/s1. The van der Waals surface area contributed by atoms with Gasteiger partial charge in [-0.3, -0.25) is 19.3 Å². The van der Waals surface area contributed by atoms with Crippen LogP contribution in [0.5, 0.6) is 0 Å². The van der Waals surface area contributed by atoms with Crippen molar-refractivity contribution in [1.29, 1.82) is 0 Å². The monoisotopic (exact) mass is 490 g/mol. The van der Waals surface area contributed by atoms with Crippen molar-refractivity contribution in [2.75, 3.05) is 37.7 Å². The number of anilines is 1. The Balaban J connectivity index is 1.43. The molecule has 3 amide bonds. The molecule has 4 rings (SSSR count). The number of benzene rings is 1. The minimum Gasteiger partial charge on any atom is -0.370 e. The highest BCUT2D eigenvalue weighted by Crippen LogP contribution is 2.23. The molecule has 2 N–H and O–H groups in total. The Bertz CT molecular complexity index is 1030. The van der Waals surface area contributed by atoms with Gasteiger partial charge in [0.2, 0.25) is 0 Å². The summed E-state index contributed by atoms with van der Waals surface area (Å²) in [5.41, 5.74) is 1.24. The predicted octanol–water partition coefficient (Wildman–Crippen LogP) is 2.39. The van der Waals surface area contributed by atoms with Gasteiger partial charge in [0.25, 0.3) is 17.7 Å². The number of morpholine rings is 1.